The molecule has 152 valence electrons. The van der Waals surface area contributed by atoms with E-state index in [1.165, 1.54) is 6.39 Å². The Morgan fingerprint density at radius 3 is 2.90 bits per heavy atom. The molecule has 2 unspecified atom stereocenters. The number of carbonyl (C=O) groups excluding carboxylic acids is 1. The van der Waals surface area contributed by atoms with Gasteiger partial charge in [0.15, 0.2) is 18.0 Å². The maximum absolute atomic E-state index is 11.8. The predicted molar refractivity (Wildman–Crippen MR) is 107 cm³/mol. The Kier molecular flexibility index (Phi) is 5.46. The quantitative estimate of drug-likeness (QED) is 0.577. The van der Waals surface area contributed by atoms with Crippen molar-refractivity contribution in [1.29, 1.82) is 0 Å². The van der Waals surface area contributed by atoms with Crippen molar-refractivity contribution >= 4 is 17.7 Å². The summed E-state index contributed by atoms with van der Waals surface area (Å²) in [5, 5.41) is 13.4. The lowest BCUT2D eigenvalue weighted by Gasteiger charge is -2.14. The van der Waals surface area contributed by atoms with Gasteiger partial charge >= 0.3 is 6.09 Å². The number of oxazole rings is 1. The van der Waals surface area contributed by atoms with E-state index >= 15 is 0 Å². The first-order valence-corrected chi connectivity index (χ1v) is 9.71. The molecule has 3 heterocycles. The van der Waals surface area contributed by atoms with Crippen molar-refractivity contribution in [2.75, 3.05) is 5.32 Å². The molecule has 1 amide bonds. The molecule has 0 spiro atoms. The molecular formula is C20H24N6O3. The van der Waals surface area contributed by atoms with Crippen LogP contribution in [0.5, 0.6) is 0 Å². The number of anilines is 2. The van der Waals surface area contributed by atoms with Crippen LogP contribution >= 0.6 is 0 Å². The number of H-pyrrole nitrogens is 1. The summed E-state index contributed by atoms with van der Waals surface area (Å²) in [6.45, 7) is 3.82. The Morgan fingerprint density at radius 1 is 1.28 bits per heavy atom. The zero-order valence-electron chi connectivity index (χ0n) is 16.4. The van der Waals surface area contributed by atoms with Crippen molar-refractivity contribution in [3.05, 3.63) is 42.7 Å². The Labute approximate surface area is 168 Å². The number of aromatic nitrogens is 4. The Bertz CT molecular complexity index is 936. The van der Waals surface area contributed by atoms with E-state index in [1.807, 2.05) is 32.0 Å². The fourth-order valence-electron chi connectivity index (χ4n) is 3.46. The molecule has 3 aromatic heterocycles. The van der Waals surface area contributed by atoms with E-state index in [4.69, 9.17) is 9.15 Å². The van der Waals surface area contributed by atoms with Crippen LogP contribution in [0.4, 0.5) is 16.4 Å². The van der Waals surface area contributed by atoms with Gasteiger partial charge in [-0.3, -0.25) is 5.10 Å². The average molecular weight is 396 g/mol. The lowest BCUT2D eigenvalue weighted by atomic mass is 10.0. The molecule has 2 atom stereocenters. The first-order valence-electron chi connectivity index (χ1n) is 9.71. The zero-order chi connectivity index (χ0) is 20.2. The van der Waals surface area contributed by atoms with E-state index in [-0.39, 0.29) is 24.2 Å². The lowest BCUT2D eigenvalue weighted by molar-refractivity contribution is 0.0981. The van der Waals surface area contributed by atoms with Gasteiger partial charge in [-0.1, -0.05) is 0 Å². The molecule has 1 aliphatic rings. The fraction of sp³-hybridized carbons (Fsp3) is 0.400. The topological polar surface area (TPSA) is 118 Å². The summed E-state index contributed by atoms with van der Waals surface area (Å²) >= 11 is 0. The minimum absolute atomic E-state index is 0.0660. The first-order chi connectivity index (χ1) is 14.1. The third-order valence-corrected chi connectivity index (χ3v) is 4.84. The molecule has 1 fully saturated rings. The highest BCUT2D eigenvalue weighted by Gasteiger charge is 2.30. The number of pyridine rings is 1. The summed E-state index contributed by atoms with van der Waals surface area (Å²) in [6, 6.07) is 5.82. The average Bonchev–Trinajstić information content (AvgIpc) is 3.43. The van der Waals surface area contributed by atoms with Crippen LogP contribution in [0.3, 0.4) is 0 Å². The number of hydrogen-bond donors (Lipinski definition) is 3. The number of ether oxygens (including phenoxy) is 1. The smallest absolute Gasteiger partial charge is 0.407 e. The van der Waals surface area contributed by atoms with Crippen molar-refractivity contribution in [2.45, 2.75) is 51.2 Å². The highest BCUT2D eigenvalue weighted by molar-refractivity contribution is 5.67. The molecule has 0 aromatic carbocycles. The summed E-state index contributed by atoms with van der Waals surface area (Å²) < 4.78 is 10.8. The molecule has 0 aliphatic heterocycles. The van der Waals surface area contributed by atoms with E-state index in [1.54, 1.807) is 12.4 Å². The third kappa shape index (κ3) is 4.74. The van der Waals surface area contributed by atoms with Crippen LogP contribution in [0.1, 0.15) is 44.7 Å². The molecule has 0 saturated heterocycles. The normalized spacial score (nSPS) is 18.7. The second kappa shape index (κ2) is 8.34. The Morgan fingerprint density at radius 2 is 2.17 bits per heavy atom. The molecule has 9 nitrogen and oxygen atoms in total. The standard InChI is InChI=1S/C20H24N6O3/c1-12(2)23-20(27)29-15-5-3-13(7-15)16-8-19(26-25-16)24-18-6-4-14(9-22-18)17-10-21-11-28-17/h4,6,8-13,15H,3,5,7H2,1-2H3,(H,23,27)(H2,22,24,25,26). The van der Waals surface area contributed by atoms with Crippen LogP contribution in [-0.4, -0.2) is 38.4 Å². The van der Waals surface area contributed by atoms with E-state index in [9.17, 15) is 4.79 Å². The van der Waals surface area contributed by atoms with Crippen molar-refractivity contribution in [1.82, 2.24) is 25.5 Å². The van der Waals surface area contributed by atoms with Crippen molar-refractivity contribution in [2.24, 2.45) is 0 Å². The molecule has 9 heteroatoms. The number of carbonyl (C=O) groups is 1. The Hall–Kier alpha value is -3.36. The molecule has 0 radical (unpaired) electrons. The molecule has 0 bridgehead atoms. The van der Waals surface area contributed by atoms with Crippen LogP contribution < -0.4 is 10.6 Å². The fourth-order valence-corrected chi connectivity index (χ4v) is 3.46. The van der Waals surface area contributed by atoms with E-state index in [0.717, 1.165) is 30.5 Å². The van der Waals surface area contributed by atoms with Gasteiger partial charge in [0, 0.05) is 35.5 Å². The SMILES string of the molecule is CC(C)NC(=O)OC1CCC(c2cc(Nc3ccc(-c4cnco4)cn3)n[nH]2)C1. The molecule has 1 saturated carbocycles. The summed E-state index contributed by atoms with van der Waals surface area (Å²) in [4.78, 5) is 20.1. The van der Waals surface area contributed by atoms with Gasteiger partial charge in [-0.2, -0.15) is 5.10 Å². The molecule has 1 aliphatic carbocycles. The van der Waals surface area contributed by atoms with Crippen molar-refractivity contribution in [3.63, 3.8) is 0 Å². The monoisotopic (exact) mass is 396 g/mol. The molecular weight excluding hydrogens is 372 g/mol. The first kappa shape index (κ1) is 19.0. The van der Waals surface area contributed by atoms with E-state index < -0.39 is 0 Å². The second-order valence-corrected chi connectivity index (χ2v) is 7.47. The van der Waals surface area contributed by atoms with Gasteiger partial charge in [0.2, 0.25) is 0 Å². The van der Waals surface area contributed by atoms with Gasteiger partial charge in [-0.05, 0) is 45.2 Å². The predicted octanol–water partition coefficient (Wildman–Crippen LogP) is 3.97. The number of hydrogen-bond acceptors (Lipinski definition) is 7. The minimum atomic E-state index is -0.350. The minimum Gasteiger partial charge on any atom is -0.446 e. The van der Waals surface area contributed by atoms with Crippen LogP contribution in [0.25, 0.3) is 11.3 Å². The van der Waals surface area contributed by atoms with E-state index in [0.29, 0.717) is 17.4 Å². The largest absolute Gasteiger partial charge is 0.446 e. The summed E-state index contributed by atoms with van der Waals surface area (Å²) in [6.07, 6.45) is 6.93. The highest BCUT2D eigenvalue weighted by Crippen LogP contribution is 2.36. The molecule has 3 aromatic rings. The molecule has 29 heavy (non-hydrogen) atoms. The summed E-state index contributed by atoms with van der Waals surface area (Å²) in [5.41, 5.74) is 1.88. The highest BCUT2D eigenvalue weighted by atomic mass is 16.6. The third-order valence-electron chi connectivity index (χ3n) is 4.84. The zero-order valence-corrected chi connectivity index (χ0v) is 16.4. The summed E-state index contributed by atoms with van der Waals surface area (Å²) in [7, 11) is 0. The van der Waals surface area contributed by atoms with Gasteiger partial charge < -0.3 is 19.8 Å². The maximum atomic E-state index is 11.8. The number of aromatic amines is 1. The lowest BCUT2D eigenvalue weighted by Crippen LogP contribution is -2.33. The van der Waals surface area contributed by atoms with Gasteiger partial charge in [0.1, 0.15) is 11.9 Å². The number of nitrogens with one attached hydrogen (secondary N) is 3. The number of rotatable bonds is 6. The Balaban J connectivity index is 1.32. The van der Waals surface area contributed by atoms with Gasteiger partial charge in [-0.25, -0.2) is 14.8 Å². The van der Waals surface area contributed by atoms with Crippen LogP contribution in [0.15, 0.2) is 41.4 Å². The molecule has 4 rings (SSSR count). The number of amides is 1. The van der Waals surface area contributed by atoms with Crippen molar-refractivity contribution in [3.8, 4) is 11.3 Å². The summed E-state index contributed by atoms with van der Waals surface area (Å²) in [5.74, 6) is 2.34. The van der Waals surface area contributed by atoms with Crippen LogP contribution in [0, 0.1) is 0 Å². The van der Waals surface area contributed by atoms with Gasteiger partial charge in [-0.15, -0.1) is 0 Å². The number of nitrogens with zero attached hydrogens (tertiary/aromatic N) is 3. The molecule has 3 N–H and O–H groups in total. The second-order valence-electron chi connectivity index (χ2n) is 7.47. The van der Waals surface area contributed by atoms with E-state index in [2.05, 4.69) is 30.8 Å². The van der Waals surface area contributed by atoms with Crippen LogP contribution in [0.2, 0.25) is 0 Å². The van der Waals surface area contributed by atoms with Gasteiger partial charge in [0.25, 0.3) is 0 Å². The van der Waals surface area contributed by atoms with Gasteiger partial charge in [0.05, 0.1) is 6.20 Å². The van der Waals surface area contributed by atoms with Crippen molar-refractivity contribution < 1.29 is 13.9 Å². The number of alkyl carbamates (subject to hydrolysis) is 1. The maximum Gasteiger partial charge on any atom is 0.407 e. The van der Waals surface area contributed by atoms with Crippen LogP contribution in [-0.2, 0) is 4.74 Å².